The summed E-state index contributed by atoms with van der Waals surface area (Å²) in [4.78, 5) is 58.9. The number of aromatic nitrogens is 4. The van der Waals surface area contributed by atoms with Gasteiger partial charge in [0.15, 0.2) is 5.69 Å². The lowest BCUT2D eigenvalue weighted by atomic mass is 9.79. The van der Waals surface area contributed by atoms with Crippen LogP contribution in [0, 0.1) is 31.1 Å². The molecule has 0 aliphatic carbocycles. The van der Waals surface area contributed by atoms with Crippen molar-refractivity contribution in [1.82, 2.24) is 29.3 Å². The number of likely N-dealkylation sites (tertiary alicyclic amines) is 2. The van der Waals surface area contributed by atoms with Crippen molar-refractivity contribution in [2.24, 2.45) is 5.92 Å². The number of hydrogen-bond acceptors (Lipinski definition) is 11. The van der Waals surface area contributed by atoms with Gasteiger partial charge in [0.25, 0.3) is 11.5 Å². The molecule has 2 atom stereocenters. The molecule has 3 aromatic heterocycles. The van der Waals surface area contributed by atoms with E-state index in [1.807, 2.05) is 67.3 Å². The first-order chi connectivity index (χ1) is 26.0. The smallest absolute Gasteiger partial charge is 0.280 e. The first-order valence-corrected chi connectivity index (χ1v) is 18.6. The third-order valence-electron chi connectivity index (χ3n) is 10.3. The van der Waals surface area contributed by atoms with Gasteiger partial charge in [0, 0.05) is 55.5 Å². The summed E-state index contributed by atoms with van der Waals surface area (Å²) in [6, 6.07) is 22.1. The predicted molar refractivity (Wildman–Crippen MR) is 203 cm³/mol. The number of thiazole rings is 1. The molecule has 2 fully saturated rings. The van der Waals surface area contributed by atoms with Crippen LogP contribution >= 0.6 is 11.3 Å². The van der Waals surface area contributed by atoms with E-state index >= 15 is 0 Å². The average Bonchev–Trinajstić information content (AvgIpc) is 3.59. The van der Waals surface area contributed by atoms with E-state index in [0.29, 0.717) is 54.5 Å². The van der Waals surface area contributed by atoms with Crippen molar-refractivity contribution in [1.29, 1.82) is 5.26 Å². The van der Waals surface area contributed by atoms with Crippen LogP contribution in [0.3, 0.4) is 0 Å². The summed E-state index contributed by atoms with van der Waals surface area (Å²) in [6.45, 7) is 5.16. The SMILES string of the molecule is Cc1ccc(-c2nc(C)c(C(=O)N3CC[C@@H](C(=O)N4CCC(O)(Cn5cnc(Oc6ccc(C#N)cc6)c(N)c5=O)CC4)[C@H](c4ccccc4)C3)s2)cn1. The number of amides is 2. The molecule has 0 bridgehead atoms. The maximum Gasteiger partial charge on any atom is 0.280 e. The Bertz CT molecular complexity index is 2260. The number of pyridine rings is 1. The Morgan fingerprint density at radius 1 is 1.02 bits per heavy atom. The fraction of sp³-hybridized carbons (Fsp3) is 0.325. The number of nitrogens with zero attached hydrogens (tertiary/aromatic N) is 7. The highest BCUT2D eigenvalue weighted by atomic mass is 32.1. The number of anilines is 1. The van der Waals surface area contributed by atoms with Gasteiger partial charge in [0.05, 0.1) is 29.5 Å². The van der Waals surface area contributed by atoms with Gasteiger partial charge in [-0.25, -0.2) is 9.97 Å². The molecule has 5 aromatic rings. The van der Waals surface area contributed by atoms with Crippen LogP contribution in [0.4, 0.5) is 5.69 Å². The normalized spacial score (nSPS) is 18.2. The van der Waals surface area contributed by atoms with Gasteiger partial charge in [-0.05, 0) is 75.1 Å². The fourth-order valence-electron chi connectivity index (χ4n) is 7.17. The average molecular weight is 745 g/mol. The number of carbonyl (C=O) groups is 2. The summed E-state index contributed by atoms with van der Waals surface area (Å²) < 4.78 is 6.94. The molecule has 2 aromatic carbocycles. The Morgan fingerprint density at radius 3 is 2.44 bits per heavy atom. The van der Waals surface area contributed by atoms with Gasteiger partial charge in [-0.1, -0.05) is 30.3 Å². The number of nitrogen functional groups attached to an aromatic ring is 1. The van der Waals surface area contributed by atoms with Crippen LogP contribution in [-0.2, 0) is 11.3 Å². The molecule has 2 amide bonds. The van der Waals surface area contributed by atoms with Crippen molar-refractivity contribution in [2.75, 3.05) is 31.9 Å². The molecule has 54 heavy (non-hydrogen) atoms. The first kappa shape index (κ1) is 36.4. The lowest BCUT2D eigenvalue weighted by molar-refractivity contribution is -0.142. The Morgan fingerprint density at radius 2 is 1.76 bits per heavy atom. The number of carbonyl (C=O) groups excluding carboxylic acids is 2. The van der Waals surface area contributed by atoms with Crippen LogP contribution in [-0.4, -0.2) is 78.0 Å². The number of benzene rings is 2. The van der Waals surface area contributed by atoms with E-state index in [9.17, 15) is 19.5 Å². The van der Waals surface area contributed by atoms with Crippen molar-refractivity contribution in [3.05, 3.63) is 117 Å². The molecular weight excluding hydrogens is 705 g/mol. The molecule has 0 radical (unpaired) electrons. The van der Waals surface area contributed by atoms with Gasteiger partial charge >= 0.3 is 0 Å². The standard InChI is InChI=1S/C40H40N8O5S/c1-25-8-11-29(21-43-25)36-45-26(2)34(54-36)39(51)47-17-14-31(32(22-47)28-6-4-3-5-7-28)37(49)46-18-15-40(52,16-19-46)23-48-24-44-35(33(42)38(48)50)53-30-12-9-27(20-41)10-13-30/h3-13,21,24,31-32,52H,14-19,22-23,42H2,1-2H3/t31-,32+/m1/s1. The first-order valence-electron chi connectivity index (χ1n) is 17.8. The number of piperidine rings is 2. The molecule has 2 aliphatic heterocycles. The Kier molecular flexibility index (Phi) is 10.3. The van der Waals surface area contributed by atoms with Crippen LogP contribution in [0.25, 0.3) is 10.6 Å². The molecule has 7 rings (SSSR count). The number of nitriles is 1. The van der Waals surface area contributed by atoms with Gasteiger partial charge in [0.2, 0.25) is 11.8 Å². The minimum absolute atomic E-state index is 0.00601. The van der Waals surface area contributed by atoms with Crippen molar-refractivity contribution >= 4 is 28.8 Å². The summed E-state index contributed by atoms with van der Waals surface area (Å²) >= 11 is 1.36. The summed E-state index contributed by atoms with van der Waals surface area (Å²) in [5.74, 6) is -0.369. The van der Waals surface area contributed by atoms with Gasteiger partial charge in [-0.2, -0.15) is 5.26 Å². The van der Waals surface area contributed by atoms with Gasteiger partial charge in [-0.3, -0.25) is 23.9 Å². The van der Waals surface area contributed by atoms with Crippen LogP contribution < -0.4 is 16.0 Å². The van der Waals surface area contributed by atoms with Crippen LogP contribution in [0.5, 0.6) is 11.6 Å². The third kappa shape index (κ3) is 7.59. The molecule has 0 spiro atoms. The molecule has 14 heteroatoms. The highest BCUT2D eigenvalue weighted by molar-refractivity contribution is 7.17. The molecule has 0 unspecified atom stereocenters. The second-order valence-corrected chi connectivity index (χ2v) is 15.0. The summed E-state index contributed by atoms with van der Waals surface area (Å²) in [6.07, 6.45) is 4.07. The number of nitrogens with two attached hydrogens (primary N) is 1. The largest absolute Gasteiger partial charge is 0.437 e. The van der Waals surface area contributed by atoms with Gasteiger partial charge < -0.3 is 25.4 Å². The molecule has 2 aliphatic rings. The number of hydrogen-bond donors (Lipinski definition) is 2. The number of aryl methyl sites for hydroxylation is 2. The van der Waals surface area contributed by atoms with E-state index in [0.717, 1.165) is 21.8 Å². The molecule has 3 N–H and O–H groups in total. The highest BCUT2D eigenvalue weighted by Gasteiger charge is 2.42. The molecule has 13 nitrogen and oxygen atoms in total. The topological polar surface area (TPSA) is 181 Å². The van der Waals surface area contributed by atoms with E-state index in [-0.39, 0.29) is 54.6 Å². The predicted octanol–water partition coefficient (Wildman–Crippen LogP) is 4.92. The van der Waals surface area contributed by atoms with Gasteiger partial charge in [-0.15, -0.1) is 11.3 Å². The summed E-state index contributed by atoms with van der Waals surface area (Å²) in [7, 11) is 0. The lowest BCUT2D eigenvalue weighted by Gasteiger charge is -2.43. The monoisotopic (exact) mass is 744 g/mol. The van der Waals surface area contributed by atoms with E-state index in [4.69, 9.17) is 15.7 Å². The maximum absolute atomic E-state index is 14.2. The van der Waals surface area contributed by atoms with E-state index in [1.165, 1.54) is 22.2 Å². The van der Waals surface area contributed by atoms with E-state index in [1.54, 1.807) is 35.4 Å². The van der Waals surface area contributed by atoms with Crippen molar-refractivity contribution in [2.45, 2.75) is 51.2 Å². The third-order valence-corrected chi connectivity index (χ3v) is 11.5. The zero-order valence-corrected chi connectivity index (χ0v) is 30.8. The molecule has 5 heterocycles. The fourth-order valence-corrected chi connectivity index (χ4v) is 8.20. The highest BCUT2D eigenvalue weighted by Crippen LogP contribution is 2.37. The zero-order valence-electron chi connectivity index (χ0n) is 30.0. The van der Waals surface area contributed by atoms with Crippen LogP contribution in [0.15, 0.2) is 84.0 Å². The lowest BCUT2D eigenvalue weighted by Crippen LogP contribution is -2.53. The minimum Gasteiger partial charge on any atom is -0.437 e. The zero-order chi connectivity index (χ0) is 38.0. The Labute approximate surface area is 316 Å². The number of rotatable bonds is 8. The van der Waals surface area contributed by atoms with E-state index < -0.39 is 11.2 Å². The minimum atomic E-state index is -1.26. The number of aliphatic hydroxyl groups is 1. The molecular formula is C40H40N8O5S. The molecule has 276 valence electrons. The Hall–Kier alpha value is -5.91. The van der Waals surface area contributed by atoms with Crippen LogP contribution in [0.1, 0.15) is 57.4 Å². The van der Waals surface area contributed by atoms with Crippen molar-refractivity contribution < 1.29 is 19.4 Å². The molecule has 0 saturated carbocycles. The van der Waals surface area contributed by atoms with E-state index in [2.05, 4.69) is 15.0 Å². The summed E-state index contributed by atoms with van der Waals surface area (Å²) in [5, 5.41) is 21.3. The van der Waals surface area contributed by atoms with Crippen molar-refractivity contribution in [3.63, 3.8) is 0 Å². The Balaban J connectivity index is 1.01. The quantitative estimate of drug-likeness (QED) is 0.221. The summed E-state index contributed by atoms with van der Waals surface area (Å²) in [5.41, 5.74) is 7.97. The second kappa shape index (κ2) is 15.2. The number of ether oxygens (including phenoxy) is 1. The second-order valence-electron chi connectivity index (χ2n) is 14.0. The van der Waals surface area contributed by atoms with Crippen LogP contribution in [0.2, 0.25) is 0 Å². The maximum atomic E-state index is 14.2. The molecule has 2 saturated heterocycles. The van der Waals surface area contributed by atoms with Crippen molar-refractivity contribution in [3.8, 4) is 28.3 Å². The van der Waals surface area contributed by atoms with Gasteiger partial charge in [0.1, 0.15) is 22.0 Å².